The first-order chi connectivity index (χ1) is 23.4. The number of hydrogen-bond acceptors (Lipinski definition) is 7. The molecule has 0 aliphatic carbocycles. The van der Waals surface area contributed by atoms with Crippen LogP contribution in [0, 0.1) is 0 Å². The summed E-state index contributed by atoms with van der Waals surface area (Å²) in [6, 6.07) is 18.9. The molecule has 0 spiro atoms. The Hall–Kier alpha value is -3.57. The van der Waals surface area contributed by atoms with Gasteiger partial charge in [0.25, 0.3) is 0 Å². The van der Waals surface area contributed by atoms with Crippen molar-refractivity contribution in [3.8, 4) is 5.75 Å². The number of rotatable bonds is 1. The van der Waals surface area contributed by atoms with E-state index in [1.165, 1.54) is 17.0 Å². The van der Waals surface area contributed by atoms with Crippen molar-refractivity contribution in [3.05, 3.63) is 93.5 Å². The maximum atomic E-state index is 12.8. The number of aromatic carboxylic acids is 1. The average molecular weight is 700 g/mol. The van der Waals surface area contributed by atoms with Gasteiger partial charge in [0.05, 0.1) is 28.9 Å². The number of nitrogens with one attached hydrogen (secondary N) is 1. The number of aryl methyl sites for hydroxylation is 3. The third-order valence-electron chi connectivity index (χ3n) is 9.80. The highest BCUT2D eigenvalue weighted by molar-refractivity contribution is 7.98. The Balaban J connectivity index is 1.24. The second kappa shape index (κ2) is 13.0. The Morgan fingerprint density at radius 2 is 1.92 bits per heavy atom. The number of hydrazine groups is 1. The van der Waals surface area contributed by atoms with E-state index in [1.54, 1.807) is 11.8 Å². The fourth-order valence-electron chi connectivity index (χ4n) is 7.63. The maximum absolute atomic E-state index is 12.8. The number of fused-ring (bicyclic) bond motifs is 9. The van der Waals surface area contributed by atoms with Crippen molar-refractivity contribution < 1.29 is 14.6 Å². The molecule has 5 aromatic rings. The Kier molecular flexibility index (Phi) is 8.61. The molecule has 11 heteroatoms. The summed E-state index contributed by atoms with van der Waals surface area (Å²) in [4.78, 5) is 14.0. The summed E-state index contributed by atoms with van der Waals surface area (Å²) in [6.45, 7) is 1.41. The molecule has 3 aromatic carbocycles. The van der Waals surface area contributed by atoms with Crippen LogP contribution in [0.4, 0.5) is 0 Å². The van der Waals surface area contributed by atoms with Gasteiger partial charge in [-0.05, 0) is 67.3 Å². The lowest BCUT2D eigenvalue weighted by Gasteiger charge is -2.27. The molecule has 5 heterocycles. The molecule has 3 aliphatic rings. The second-order valence-corrected chi connectivity index (χ2v) is 15.3. The topological polar surface area (TPSA) is 84.5 Å². The molecule has 1 saturated heterocycles. The monoisotopic (exact) mass is 699 g/mol. The Morgan fingerprint density at radius 3 is 2.79 bits per heavy atom. The molecule has 0 radical (unpaired) electrons. The molecule has 8 rings (SSSR count). The van der Waals surface area contributed by atoms with Gasteiger partial charge in [-0.25, -0.2) is 10.2 Å². The molecular formula is C37H38ClN5O3S2. The molecule has 2 N–H and O–H groups in total. The minimum absolute atomic E-state index is 0.0412. The Labute approximate surface area is 293 Å². The van der Waals surface area contributed by atoms with Crippen LogP contribution in [0.1, 0.15) is 58.7 Å². The minimum atomic E-state index is -0.930. The molecule has 1 unspecified atom stereocenters. The molecule has 248 valence electrons. The number of carboxylic acids is 1. The van der Waals surface area contributed by atoms with E-state index in [4.69, 9.17) is 21.4 Å². The van der Waals surface area contributed by atoms with Crippen LogP contribution >= 0.6 is 35.1 Å². The lowest BCUT2D eigenvalue weighted by atomic mass is 9.93. The maximum Gasteiger partial charge on any atom is 0.352 e. The van der Waals surface area contributed by atoms with E-state index < -0.39 is 5.97 Å². The zero-order chi connectivity index (χ0) is 32.9. The molecule has 2 aromatic heterocycles. The van der Waals surface area contributed by atoms with E-state index >= 15 is 0 Å². The van der Waals surface area contributed by atoms with Gasteiger partial charge >= 0.3 is 5.97 Å². The Morgan fingerprint density at radius 1 is 1.04 bits per heavy atom. The van der Waals surface area contributed by atoms with Crippen LogP contribution in [0.25, 0.3) is 27.2 Å². The standard InChI is InChI=1S/C37H38ClN5O3S2/c1-41-35-28-12-13-29(38)33(35)34-30(40-43-14-6-5-11-31(34)43)21-47-19-23-17-24(42(2)39-23)20-48-25-16-22-8-3-4-9-26(22)32(18-25)46-15-7-10-27(28)36(41)37(44)45/h3-4,8-9,12-13,16-18,30,40H,5-7,10-11,14-15,19-21H2,1-2H3,(H,44,45). The fraction of sp³-hybridized carbons (Fsp3) is 0.351. The largest absolute Gasteiger partial charge is 0.493 e. The summed E-state index contributed by atoms with van der Waals surface area (Å²) in [7, 11) is 3.90. The highest BCUT2D eigenvalue weighted by atomic mass is 35.5. The number of ether oxygens (including phenoxy) is 1. The van der Waals surface area contributed by atoms with Gasteiger partial charge in [0.2, 0.25) is 0 Å². The third-order valence-corrected chi connectivity index (χ3v) is 12.2. The molecule has 8 bridgehead atoms. The number of piperidine rings is 1. The minimum Gasteiger partial charge on any atom is -0.493 e. The zero-order valence-electron chi connectivity index (χ0n) is 27.1. The van der Waals surface area contributed by atoms with E-state index in [-0.39, 0.29) is 6.04 Å². The summed E-state index contributed by atoms with van der Waals surface area (Å²) in [5, 5.41) is 21.5. The van der Waals surface area contributed by atoms with Gasteiger partial charge in [-0.3, -0.25) is 4.68 Å². The molecule has 1 atom stereocenters. The average Bonchev–Trinajstić information content (AvgIpc) is 3.72. The van der Waals surface area contributed by atoms with Gasteiger partial charge in [0.15, 0.2) is 0 Å². The van der Waals surface area contributed by atoms with Crippen LogP contribution in [0.3, 0.4) is 0 Å². The molecule has 0 saturated carbocycles. The van der Waals surface area contributed by atoms with Gasteiger partial charge in [-0.2, -0.15) is 16.9 Å². The Bertz CT molecular complexity index is 2100. The van der Waals surface area contributed by atoms with Crippen LogP contribution in [0.2, 0.25) is 5.02 Å². The van der Waals surface area contributed by atoms with Gasteiger partial charge < -0.3 is 19.4 Å². The zero-order valence-corrected chi connectivity index (χ0v) is 29.5. The predicted molar refractivity (Wildman–Crippen MR) is 196 cm³/mol. The normalized spacial score (nSPS) is 18.9. The lowest BCUT2D eigenvalue weighted by Crippen LogP contribution is -2.40. The van der Waals surface area contributed by atoms with Crippen LogP contribution in [-0.2, 0) is 32.0 Å². The number of carbonyl (C=O) groups is 1. The van der Waals surface area contributed by atoms with Crippen LogP contribution < -0.4 is 10.2 Å². The first-order valence-corrected chi connectivity index (χ1v) is 19.1. The highest BCUT2D eigenvalue weighted by Crippen LogP contribution is 2.44. The first-order valence-electron chi connectivity index (χ1n) is 16.6. The molecule has 8 nitrogen and oxygen atoms in total. The molecular weight excluding hydrogens is 662 g/mol. The van der Waals surface area contributed by atoms with Gasteiger partial charge in [0.1, 0.15) is 11.4 Å². The van der Waals surface area contributed by atoms with Crippen LogP contribution in [0.5, 0.6) is 5.75 Å². The molecule has 3 aliphatic heterocycles. The van der Waals surface area contributed by atoms with Gasteiger partial charge in [-0.1, -0.05) is 41.9 Å². The van der Waals surface area contributed by atoms with Crippen molar-refractivity contribution in [2.75, 3.05) is 18.9 Å². The summed E-state index contributed by atoms with van der Waals surface area (Å²) < 4.78 is 10.3. The third kappa shape index (κ3) is 5.66. The van der Waals surface area contributed by atoms with Gasteiger partial charge in [-0.15, -0.1) is 11.8 Å². The molecule has 48 heavy (non-hydrogen) atoms. The van der Waals surface area contributed by atoms with Crippen molar-refractivity contribution in [2.24, 2.45) is 14.1 Å². The number of hydrogen-bond donors (Lipinski definition) is 2. The number of nitrogens with zero attached hydrogens (tertiary/aromatic N) is 4. The van der Waals surface area contributed by atoms with Crippen molar-refractivity contribution in [3.63, 3.8) is 0 Å². The smallest absolute Gasteiger partial charge is 0.352 e. The van der Waals surface area contributed by atoms with E-state index in [0.717, 1.165) is 92.2 Å². The molecule has 1 fully saturated rings. The van der Waals surface area contributed by atoms with Crippen molar-refractivity contribution >= 4 is 68.3 Å². The van der Waals surface area contributed by atoms with E-state index in [1.807, 2.05) is 53.3 Å². The second-order valence-electron chi connectivity index (χ2n) is 12.8. The predicted octanol–water partition coefficient (Wildman–Crippen LogP) is 8.05. The van der Waals surface area contributed by atoms with Crippen molar-refractivity contribution in [2.45, 2.75) is 54.5 Å². The van der Waals surface area contributed by atoms with E-state index in [2.05, 4.69) is 46.8 Å². The summed E-state index contributed by atoms with van der Waals surface area (Å²) in [6.07, 6.45) is 4.46. The van der Waals surface area contributed by atoms with Crippen LogP contribution in [0.15, 0.2) is 65.2 Å². The number of carboxylic acid groups (broad SMARTS) is 1. The summed E-state index contributed by atoms with van der Waals surface area (Å²) in [5.74, 6) is 2.35. The SMILES string of the molecule is Cn1nc2cc1CSc1cc(c3ccccc3c1)OCCCc1c(C(=O)O)n(C)c3c(c(Cl)ccc13)C1=C3CCCCN3NC1CSC2. The highest BCUT2D eigenvalue weighted by Gasteiger charge is 2.36. The number of allylic oxidation sites excluding steroid dienone is 1. The van der Waals surface area contributed by atoms with Crippen molar-refractivity contribution in [1.29, 1.82) is 0 Å². The summed E-state index contributed by atoms with van der Waals surface area (Å²) >= 11 is 10.8. The number of aromatic nitrogens is 3. The number of halogens is 1. The number of thioether (sulfide) groups is 2. The van der Waals surface area contributed by atoms with Crippen molar-refractivity contribution in [1.82, 2.24) is 24.8 Å². The lowest BCUT2D eigenvalue weighted by molar-refractivity contribution is 0.0685. The quantitative estimate of drug-likeness (QED) is 0.182. The van der Waals surface area contributed by atoms with Gasteiger partial charge in [0, 0.05) is 76.1 Å². The van der Waals surface area contributed by atoms with E-state index in [9.17, 15) is 9.90 Å². The molecule has 0 amide bonds. The first kappa shape index (κ1) is 31.7. The number of benzene rings is 3. The summed E-state index contributed by atoms with van der Waals surface area (Å²) in [5.41, 5.74) is 11.5. The van der Waals surface area contributed by atoms with Crippen LogP contribution in [-0.4, -0.2) is 55.4 Å². The fourth-order valence-corrected chi connectivity index (χ4v) is 9.81. The van der Waals surface area contributed by atoms with E-state index in [0.29, 0.717) is 30.2 Å².